The Hall–Kier alpha value is -2.11. The number of furan rings is 1. The number of benzene rings is 1. The smallest absolute Gasteiger partial charge is 0.241 e. The number of amides is 1. The lowest BCUT2D eigenvalue weighted by atomic mass is 10.1. The van der Waals surface area contributed by atoms with Crippen molar-refractivity contribution in [2.45, 2.75) is 25.9 Å². The first kappa shape index (κ1) is 16.7. The summed E-state index contributed by atoms with van der Waals surface area (Å²) in [6.45, 7) is 6.63. The number of anilines is 1. The van der Waals surface area contributed by atoms with Crippen molar-refractivity contribution in [3.63, 3.8) is 0 Å². The molecule has 1 amide bonds. The molecule has 1 aromatic carbocycles. The van der Waals surface area contributed by atoms with Crippen molar-refractivity contribution in [3.8, 4) is 0 Å². The summed E-state index contributed by atoms with van der Waals surface area (Å²) in [5.74, 6) is 1.08. The molecule has 128 valence electrons. The predicted molar refractivity (Wildman–Crippen MR) is 94.7 cm³/mol. The molecule has 0 spiro atoms. The van der Waals surface area contributed by atoms with E-state index in [2.05, 4.69) is 22.0 Å². The molecule has 3 rings (SSSR count). The molecule has 1 N–H and O–H groups in total. The van der Waals surface area contributed by atoms with Gasteiger partial charge in [0.05, 0.1) is 18.8 Å². The fourth-order valence-electron chi connectivity index (χ4n) is 3.21. The van der Waals surface area contributed by atoms with Crippen LogP contribution < -0.4 is 5.32 Å². The normalized spacial score (nSPS) is 17.5. The Balaban J connectivity index is 1.52. The number of carbonyl (C=O) groups is 1. The minimum atomic E-state index is -0.0732. The lowest BCUT2D eigenvalue weighted by Crippen LogP contribution is -2.53. The van der Waals surface area contributed by atoms with Crippen molar-refractivity contribution < 1.29 is 9.21 Å². The molecular formula is C19H25N3O2. The second-order valence-electron chi connectivity index (χ2n) is 6.17. The quantitative estimate of drug-likeness (QED) is 0.886. The predicted octanol–water partition coefficient (Wildman–Crippen LogP) is 2.81. The summed E-state index contributed by atoms with van der Waals surface area (Å²) >= 11 is 0. The van der Waals surface area contributed by atoms with Gasteiger partial charge >= 0.3 is 0 Å². The van der Waals surface area contributed by atoms with Crippen LogP contribution in [0.5, 0.6) is 0 Å². The summed E-state index contributed by atoms with van der Waals surface area (Å²) in [4.78, 5) is 17.3. The van der Waals surface area contributed by atoms with Crippen molar-refractivity contribution in [2.24, 2.45) is 0 Å². The maximum absolute atomic E-state index is 12.6. The van der Waals surface area contributed by atoms with Crippen molar-refractivity contribution in [3.05, 3.63) is 54.5 Å². The molecule has 5 heteroatoms. The Morgan fingerprint density at radius 3 is 2.50 bits per heavy atom. The van der Waals surface area contributed by atoms with Crippen LogP contribution in [0.15, 0.2) is 53.1 Å². The third kappa shape index (κ3) is 4.24. The molecule has 1 atom stereocenters. The zero-order valence-electron chi connectivity index (χ0n) is 14.1. The van der Waals surface area contributed by atoms with Crippen LogP contribution in [0.4, 0.5) is 5.69 Å². The number of rotatable bonds is 6. The zero-order chi connectivity index (χ0) is 16.8. The van der Waals surface area contributed by atoms with Crippen molar-refractivity contribution in [1.82, 2.24) is 9.80 Å². The molecular weight excluding hydrogens is 302 g/mol. The molecule has 1 fully saturated rings. The van der Waals surface area contributed by atoms with E-state index in [-0.39, 0.29) is 11.9 Å². The first-order valence-electron chi connectivity index (χ1n) is 8.61. The molecule has 0 aliphatic carbocycles. The molecule has 0 saturated carbocycles. The Bertz CT molecular complexity index is 619. The van der Waals surface area contributed by atoms with Crippen molar-refractivity contribution >= 4 is 11.6 Å². The molecule has 1 aliphatic heterocycles. The molecule has 0 bridgehead atoms. The first-order chi connectivity index (χ1) is 11.8. The highest BCUT2D eigenvalue weighted by Crippen LogP contribution is 2.15. The van der Waals surface area contributed by atoms with Gasteiger partial charge in [0.1, 0.15) is 5.76 Å². The van der Waals surface area contributed by atoms with Gasteiger partial charge in [-0.05, 0) is 30.7 Å². The Labute approximate surface area is 143 Å². The van der Waals surface area contributed by atoms with E-state index in [0.29, 0.717) is 0 Å². The standard InChI is InChI=1S/C19H25N3O2/c1-2-18(19(23)20-16-7-4-3-5-8-16)22-12-10-21(11-13-22)15-17-9-6-14-24-17/h3-9,14,18H,2,10-13,15H2,1H3,(H,20,23)/t18-/m0/s1. The second kappa shape index (κ2) is 8.13. The molecule has 1 saturated heterocycles. The third-order valence-corrected chi connectivity index (χ3v) is 4.54. The number of nitrogens with zero attached hydrogens (tertiary/aromatic N) is 2. The molecule has 5 nitrogen and oxygen atoms in total. The molecule has 2 aromatic rings. The summed E-state index contributed by atoms with van der Waals surface area (Å²) in [6.07, 6.45) is 2.53. The highest BCUT2D eigenvalue weighted by Gasteiger charge is 2.27. The fraction of sp³-hybridized carbons (Fsp3) is 0.421. The van der Waals surface area contributed by atoms with Gasteiger partial charge in [0.25, 0.3) is 0 Å². The van der Waals surface area contributed by atoms with Crippen LogP contribution in [-0.2, 0) is 11.3 Å². The van der Waals surface area contributed by atoms with Gasteiger partial charge in [-0.3, -0.25) is 14.6 Å². The minimum absolute atomic E-state index is 0.0732. The van der Waals surface area contributed by atoms with Gasteiger partial charge in [-0.1, -0.05) is 25.1 Å². The summed E-state index contributed by atoms with van der Waals surface area (Å²) in [5.41, 5.74) is 0.859. The molecule has 2 heterocycles. The molecule has 0 unspecified atom stereocenters. The monoisotopic (exact) mass is 327 g/mol. The summed E-state index contributed by atoms with van der Waals surface area (Å²) < 4.78 is 5.42. The maximum atomic E-state index is 12.6. The Morgan fingerprint density at radius 1 is 1.12 bits per heavy atom. The van der Waals surface area contributed by atoms with E-state index in [1.807, 2.05) is 42.5 Å². The van der Waals surface area contributed by atoms with Crippen LogP contribution in [0.2, 0.25) is 0 Å². The third-order valence-electron chi connectivity index (χ3n) is 4.54. The van der Waals surface area contributed by atoms with Gasteiger partial charge in [0, 0.05) is 31.9 Å². The van der Waals surface area contributed by atoms with Crippen LogP contribution in [0.25, 0.3) is 0 Å². The summed E-state index contributed by atoms with van der Waals surface area (Å²) in [6, 6.07) is 13.5. The summed E-state index contributed by atoms with van der Waals surface area (Å²) in [5, 5.41) is 3.03. The minimum Gasteiger partial charge on any atom is -0.468 e. The van der Waals surface area contributed by atoms with E-state index < -0.39 is 0 Å². The molecule has 24 heavy (non-hydrogen) atoms. The lowest BCUT2D eigenvalue weighted by Gasteiger charge is -2.38. The first-order valence-corrected chi connectivity index (χ1v) is 8.61. The highest BCUT2D eigenvalue weighted by molar-refractivity contribution is 5.94. The van der Waals surface area contributed by atoms with E-state index in [4.69, 9.17) is 4.42 Å². The SMILES string of the molecule is CC[C@@H](C(=O)Nc1ccccc1)N1CCN(Cc2ccco2)CC1. The van der Waals surface area contributed by atoms with E-state index in [0.717, 1.165) is 50.6 Å². The second-order valence-corrected chi connectivity index (χ2v) is 6.17. The van der Waals surface area contributed by atoms with Gasteiger partial charge in [0.15, 0.2) is 0 Å². The average Bonchev–Trinajstić information content (AvgIpc) is 3.11. The number of hydrogen-bond donors (Lipinski definition) is 1. The van der Waals surface area contributed by atoms with Gasteiger partial charge in [-0.25, -0.2) is 0 Å². The van der Waals surface area contributed by atoms with E-state index in [1.54, 1.807) is 6.26 Å². The number of hydrogen-bond acceptors (Lipinski definition) is 4. The Kier molecular flexibility index (Phi) is 5.67. The highest BCUT2D eigenvalue weighted by atomic mass is 16.3. The van der Waals surface area contributed by atoms with Crippen LogP contribution in [-0.4, -0.2) is 47.9 Å². The molecule has 0 radical (unpaired) electrons. The van der Waals surface area contributed by atoms with Crippen LogP contribution >= 0.6 is 0 Å². The zero-order valence-corrected chi connectivity index (χ0v) is 14.1. The van der Waals surface area contributed by atoms with Gasteiger partial charge in [0.2, 0.25) is 5.91 Å². The molecule has 1 aromatic heterocycles. The largest absolute Gasteiger partial charge is 0.468 e. The van der Waals surface area contributed by atoms with Crippen LogP contribution in [0, 0.1) is 0 Å². The van der Waals surface area contributed by atoms with Crippen molar-refractivity contribution in [2.75, 3.05) is 31.5 Å². The fourth-order valence-corrected chi connectivity index (χ4v) is 3.21. The van der Waals surface area contributed by atoms with Crippen molar-refractivity contribution in [1.29, 1.82) is 0 Å². The van der Waals surface area contributed by atoms with Gasteiger partial charge < -0.3 is 9.73 Å². The number of nitrogens with one attached hydrogen (secondary N) is 1. The summed E-state index contributed by atoms with van der Waals surface area (Å²) in [7, 11) is 0. The lowest BCUT2D eigenvalue weighted by molar-refractivity contribution is -0.122. The number of para-hydroxylation sites is 1. The topological polar surface area (TPSA) is 48.7 Å². The van der Waals surface area contributed by atoms with Gasteiger partial charge in [-0.15, -0.1) is 0 Å². The number of piperazine rings is 1. The van der Waals surface area contributed by atoms with Crippen LogP contribution in [0.3, 0.4) is 0 Å². The van der Waals surface area contributed by atoms with E-state index in [1.165, 1.54) is 0 Å². The van der Waals surface area contributed by atoms with E-state index in [9.17, 15) is 4.79 Å². The van der Waals surface area contributed by atoms with Crippen LogP contribution in [0.1, 0.15) is 19.1 Å². The maximum Gasteiger partial charge on any atom is 0.241 e. The van der Waals surface area contributed by atoms with E-state index >= 15 is 0 Å². The average molecular weight is 327 g/mol. The van der Waals surface area contributed by atoms with Gasteiger partial charge in [-0.2, -0.15) is 0 Å². The Morgan fingerprint density at radius 2 is 1.88 bits per heavy atom. The molecule has 1 aliphatic rings. The number of carbonyl (C=O) groups excluding carboxylic acids is 1.